The standard InChI is InChI=1S/C10H12N2O5/c1-5-4-6(2-3-7(5)12(16)17)8(13)9(14)10(11)15/h2-4,8-9,13-14H,1H3,(H2,11,15). The third-order valence-electron chi connectivity index (χ3n) is 2.35. The number of aryl methyl sites for hydroxylation is 1. The van der Waals surface area contributed by atoms with Gasteiger partial charge in [-0.1, -0.05) is 0 Å². The Morgan fingerprint density at radius 1 is 1.47 bits per heavy atom. The first-order chi connectivity index (χ1) is 7.84. The number of nitrogens with two attached hydrogens (primary N) is 1. The lowest BCUT2D eigenvalue weighted by Crippen LogP contribution is -2.33. The van der Waals surface area contributed by atoms with Gasteiger partial charge in [0.25, 0.3) is 5.69 Å². The molecule has 0 aromatic heterocycles. The molecule has 0 bridgehead atoms. The zero-order chi connectivity index (χ0) is 13.2. The highest BCUT2D eigenvalue weighted by Gasteiger charge is 2.24. The molecular formula is C10H12N2O5. The van der Waals surface area contributed by atoms with Crippen LogP contribution in [-0.2, 0) is 4.79 Å². The minimum Gasteiger partial charge on any atom is -0.385 e. The van der Waals surface area contributed by atoms with E-state index >= 15 is 0 Å². The molecule has 4 N–H and O–H groups in total. The van der Waals surface area contributed by atoms with Gasteiger partial charge in [0.05, 0.1) is 4.92 Å². The van der Waals surface area contributed by atoms with E-state index in [9.17, 15) is 25.1 Å². The molecule has 92 valence electrons. The highest BCUT2D eigenvalue weighted by atomic mass is 16.6. The van der Waals surface area contributed by atoms with Crippen molar-refractivity contribution in [3.8, 4) is 0 Å². The predicted molar refractivity (Wildman–Crippen MR) is 58.0 cm³/mol. The highest BCUT2D eigenvalue weighted by Crippen LogP contribution is 2.24. The van der Waals surface area contributed by atoms with Crippen molar-refractivity contribution in [1.82, 2.24) is 0 Å². The molecule has 1 aromatic rings. The van der Waals surface area contributed by atoms with Gasteiger partial charge in [-0.05, 0) is 24.6 Å². The second kappa shape index (κ2) is 4.89. The third-order valence-corrected chi connectivity index (χ3v) is 2.35. The Morgan fingerprint density at radius 2 is 2.06 bits per heavy atom. The Morgan fingerprint density at radius 3 is 2.47 bits per heavy atom. The number of amides is 1. The maximum absolute atomic E-state index is 10.7. The fourth-order valence-corrected chi connectivity index (χ4v) is 1.41. The molecule has 2 unspecified atom stereocenters. The van der Waals surface area contributed by atoms with Crippen LogP contribution in [0, 0.1) is 17.0 Å². The molecular weight excluding hydrogens is 228 g/mol. The van der Waals surface area contributed by atoms with E-state index in [1.54, 1.807) is 0 Å². The van der Waals surface area contributed by atoms with E-state index < -0.39 is 23.0 Å². The van der Waals surface area contributed by atoms with Crippen molar-refractivity contribution in [2.24, 2.45) is 5.73 Å². The van der Waals surface area contributed by atoms with Crippen molar-refractivity contribution in [1.29, 1.82) is 0 Å². The summed E-state index contributed by atoms with van der Waals surface area (Å²) in [6.07, 6.45) is -3.23. The van der Waals surface area contributed by atoms with Gasteiger partial charge in [-0.25, -0.2) is 0 Å². The van der Waals surface area contributed by atoms with E-state index in [-0.39, 0.29) is 11.3 Å². The van der Waals surface area contributed by atoms with Crippen LogP contribution in [0.2, 0.25) is 0 Å². The molecule has 0 radical (unpaired) electrons. The van der Waals surface area contributed by atoms with Crippen molar-refractivity contribution >= 4 is 11.6 Å². The molecule has 7 nitrogen and oxygen atoms in total. The lowest BCUT2D eigenvalue weighted by atomic mass is 10.0. The van der Waals surface area contributed by atoms with Crippen LogP contribution in [0.1, 0.15) is 17.2 Å². The number of carbonyl (C=O) groups excluding carboxylic acids is 1. The molecule has 1 amide bonds. The Labute approximate surface area is 96.6 Å². The number of rotatable bonds is 4. The molecule has 1 rings (SSSR count). The summed E-state index contributed by atoms with van der Waals surface area (Å²) in [4.78, 5) is 20.7. The van der Waals surface area contributed by atoms with Crippen LogP contribution in [-0.4, -0.2) is 27.1 Å². The zero-order valence-corrected chi connectivity index (χ0v) is 9.03. The number of carbonyl (C=O) groups is 1. The Bertz CT molecular complexity index is 460. The Balaban J connectivity index is 3.05. The van der Waals surface area contributed by atoms with Gasteiger partial charge in [0, 0.05) is 11.6 Å². The number of nitrogens with zero attached hydrogens (tertiary/aromatic N) is 1. The molecule has 0 aliphatic heterocycles. The Hall–Kier alpha value is -1.99. The fourth-order valence-electron chi connectivity index (χ4n) is 1.41. The maximum atomic E-state index is 10.7. The maximum Gasteiger partial charge on any atom is 0.272 e. The van der Waals surface area contributed by atoms with Crippen LogP contribution in [0.25, 0.3) is 0 Å². The number of nitro groups is 1. The lowest BCUT2D eigenvalue weighted by Gasteiger charge is -2.15. The van der Waals surface area contributed by atoms with Gasteiger partial charge in [0.1, 0.15) is 6.10 Å². The van der Waals surface area contributed by atoms with Gasteiger partial charge in [-0.2, -0.15) is 0 Å². The number of hydrogen-bond acceptors (Lipinski definition) is 5. The second-order valence-electron chi connectivity index (χ2n) is 3.60. The molecule has 0 aliphatic rings. The molecule has 0 fully saturated rings. The van der Waals surface area contributed by atoms with Crippen molar-refractivity contribution in [2.75, 3.05) is 0 Å². The molecule has 2 atom stereocenters. The summed E-state index contributed by atoms with van der Waals surface area (Å²) in [6, 6.07) is 3.79. The van der Waals surface area contributed by atoms with E-state index in [0.29, 0.717) is 5.56 Å². The molecule has 0 saturated carbocycles. The number of nitro benzene ring substituents is 1. The SMILES string of the molecule is Cc1cc(C(O)C(O)C(N)=O)ccc1[N+](=O)[O-]. The number of aliphatic hydroxyl groups excluding tert-OH is 2. The average Bonchev–Trinajstić information content (AvgIpc) is 2.26. The first-order valence-electron chi connectivity index (χ1n) is 4.75. The average molecular weight is 240 g/mol. The molecule has 0 spiro atoms. The highest BCUT2D eigenvalue weighted by molar-refractivity contribution is 5.79. The van der Waals surface area contributed by atoms with Crippen molar-refractivity contribution in [3.63, 3.8) is 0 Å². The van der Waals surface area contributed by atoms with Crippen LogP contribution in [0.5, 0.6) is 0 Å². The van der Waals surface area contributed by atoms with Gasteiger partial charge < -0.3 is 15.9 Å². The molecule has 7 heteroatoms. The quantitative estimate of drug-likeness (QED) is 0.495. The third kappa shape index (κ3) is 2.77. The summed E-state index contributed by atoms with van der Waals surface area (Å²) in [6.45, 7) is 1.49. The summed E-state index contributed by atoms with van der Waals surface area (Å²) in [5.74, 6) is -1.06. The largest absolute Gasteiger partial charge is 0.385 e. The van der Waals surface area contributed by atoms with Crippen LogP contribution < -0.4 is 5.73 Å². The fraction of sp³-hybridized carbons (Fsp3) is 0.300. The summed E-state index contributed by atoms with van der Waals surface area (Å²) < 4.78 is 0. The molecule has 1 aromatic carbocycles. The van der Waals surface area contributed by atoms with Crippen molar-refractivity contribution in [3.05, 3.63) is 39.4 Å². The van der Waals surface area contributed by atoms with Crippen molar-refractivity contribution in [2.45, 2.75) is 19.1 Å². The summed E-state index contributed by atoms with van der Waals surface area (Å²) in [7, 11) is 0. The van der Waals surface area contributed by atoms with Gasteiger partial charge in [0.15, 0.2) is 6.10 Å². The van der Waals surface area contributed by atoms with Crippen LogP contribution in [0.15, 0.2) is 18.2 Å². The summed E-state index contributed by atoms with van der Waals surface area (Å²) in [5.41, 5.74) is 5.25. The Kier molecular flexibility index (Phi) is 3.77. The van der Waals surface area contributed by atoms with Gasteiger partial charge in [0.2, 0.25) is 5.91 Å². The number of primary amides is 1. The number of aliphatic hydroxyl groups is 2. The van der Waals surface area contributed by atoms with Crippen LogP contribution in [0.4, 0.5) is 5.69 Å². The second-order valence-corrected chi connectivity index (χ2v) is 3.60. The topological polar surface area (TPSA) is 127 Å². The van der Waals surface area contributed by atoms with Crippen LogP contribution >= 0.6 is 0 Å². The minimum atomic E-state index is -1.74. The zero-order valence-electron chi connectivity index (χ0n) is 9.03. The van der Waals surface area contributed by atoms with Crippen molar-refractivity contribution < 1.29 is 19.9 Å². The van der Waals surface area contributed by atoms with Crippen LogP contribution in [0.3, 0.4) is 0 Å². The molecule has 0 aliphatic carbocycles. The summed E-state index contributed by atoms with van der Waals surface area (Å²) >= 11 is 0. The summed E-state index contributed by atoms with van der Waals surface area (Å²) in [5, 5.41) is 29.4. The van der Waals surface area contributed by atoms with E-state index in [4.69, 9.17) is 5.73 Å². The monoisotopic (exact) mass is 240 g/mol. The van der Waals surface area contributed by atoms with E-state index in [1.165, 1.54) is 25.1 Å². The smallest absolute Gasteiger partial charge is 0.272 e. The van der Waals surface area contributed by atoms with Gasteiger partial charge >= 0.3 is 0 Å². The minimum absolute atomic E-state index is 0.102. The lowest BCUT2D eigenvalue weighted by molar-refractivity contribution is -0.385. The van der Waals surface area contributed by atoms with E-state index in [2.05, 4.69) is 0 Å². The normalized spacial score (nSPS) is 14.1. The number of hydrogen-bond donors (Lipinski definition) is 3. The number of benzene rings is 1. The predicted octanol–water partition coefficient (Wildman–Crippen LogP) is -0.217. The first-order valence-corrected chi connectivity index (χ1v) is 4.75. The first kappa shape index (κ1) is 13.1. The van der Waals surface area contributed by atoms with Gasteiger partial charge in [-0.15, -0.1) is 0 Å². The molecule has 0 saturated heterocycles. The van der Waals surface area contributed by atoms with E-state index in [0.717, 1.165) is 0 Å². The van der Waals surface area contributed by atoms with E-state index in [1.807, 2.05) is 0 Å². The molecule has 17 heavy (non-hydrogen) atoms. The van der Waals surface area contributed by atoms with Gasteiger partial charge in [-0.3, -0.25) is 14.9 Å². The molecule has 0 heterocycles.